The molecule has 3 aromatic rings. The Morgan fingerprint density at radius 2 is 0.962 bits per heavy atom. The van der Waals surface area contributed by atoms with Gasteiger partial charge in [0.15, 0.2) is 0 Å². The normalized spacial score (nSPS) is 25.2. The maximum Gasteiger partial charge on any atom is 0.202 e. The molecular formula is C22H20NO3. The van der Waals surface area contributed by atoms with Crippen LogP contribution in [0.15, 0.2) is 84.9 Å². The summed E-state index contributed by atoms with van der Waals surface area (Å²) in [4.78, 5) is 0. The molecule has 0 amide bonds. The van der Waals surface area contributed by atoms with Gasteiger partial charge in [-0.3, -0.25) is 0 Å². The molecule has 0 fully saturated rings. The number of rotatable bonds is 4. The first kappa shape index (κ1) is 16.9. The van der Waals surface area contributed by atoms with Crippen molar-refractivity contribution in [3.63, 3.8) is 0 Å². The van der Waals surface area contributed by atoms with Crippen molar-refractivity contribution in [2.45, 2.75) is 11.4 Å². The molecule has 0 saturated carbocycles. The molecule has 1 aliphatic rings. The van der Waals surface area contributed by atoms with Gasteiger partial charge in [0, 0.05) is 36.5 Å². The fourth-order valence-corrected chi connectivity index (χ4v) is 4.01. The highest BCUT2D eigenvalue weighted by Gasteiger charge is 2.62. The van der Waals surface area contributed by atoms with Gasteiger partial charge in [-0.1, -0.05) is 90.0 Å². The summed E-state index contributed by atoms with van der Waals surface area (Å²) in [7, 11) is 3.12. The highest BCUT2D eigenvalue weighted by atomic mass is 16.7. The van der Waals surface area contributed by atoms with Gasteiger partial charge in [-0.25, -0.2) is 0 Å². The lowest BCUT2D eigenvalue weighted by Crippen LogP contribution is -2.51. The third-order valence-electron chi connectivity index (χ3n) is 5.15. The summed E-state index contributed by atoms with van der Waals surface area (Å²) in [5.41, 5.74) is 0.524. The minimum atomic E-state index is -1.29. The van der Waals surface area contributed by atoms with Crippen molar-refractivity contribution in [2.24, 2.45) is 0 Å². The van der Waals surface area contributed by atoms with Gasteiger partial charge >= 0.3 is 0 Å². The van der Waals surface area contributed by atoms with Crippen LogP contribution in [0.5, 0.6) is 0 Å². The Balaban J connectivity index is 2.06. The number of methoxy groups -OCH3 is 2. The van der Waals surface area contributed by atoms with Crippen LogP contribution in [0.4, 0.5) is 0 Å². The number of nitrogens with zero attached hydrogens (tertiary/aromatic N) is 1. The van der Waals surface area contributed by atoms with Crippen LogP contribution in [0.25, 0.3) is 0 Å². The monoisotopic (exact) mass is 346 g/mol. The van der Waals surface area contributed by atoms with Crippen LogP contribution in [0.2, 0.25) is 0 Å². The Morgan fingerprint density at radius 1 is 0.615 bits per heavy atom. The summed E-state index contributed by atoms with van der Waals surface area (Å²) in [6, 6.07) is 26.8. The smallest absolute Gasteiger partial charge is 0.202 e. The summed E-state index contributed by atoms with van der Waals surface area (Å²) in [6.07, 6.45) is 0. The third kappa shape index (κ3) is 2.04. The van der Waals surface area contributed by atoms with E-state index in [1.54, 1.807) is 14.2 Å². The van der Waals surface area contributed by atoms with E-state index in [4.69, 9.17) is 9.47 Å². The van der Waals surface area contributed by atoms with Gasteiger partial charge in [-0.05, 0) is 0 Å². The van der Waals surface area contributed by atoms with Gasteiger partial charge in [0.25, 0.3) is 0 Å². The van der Waals surface area contributed by atoms with Crippen molar-refractivity contribution in [2.75, 3.05) is 14.2 Å². The lowest BCUT2D eigenvalue weighted by Gasteiger charge is -2.39. The molecule has 4 rings (SSSR count). The summed E-state index contributed by atoms with van der Waals surface area (Å²) >= 11 is 0. The van der Waals surface area contributed by atoms with Crippen LogP contribution in [0.1, 0.15) is 22.3 Å². The molecule has 131 valence electrons. The quantitative estimate of drug-likeness (QED) is 0.716. The van der Waals surface area contributed by atoms with Crippen LogP contribution in [-0.2, 0) is 26.1 Å². The van der Waals surface area contributed by atoms with E-state index in [0.29, 0.717) is 0 Å². The van der Waals surface area contributed by atoms with Gasteiger partial charge in [0.05, 0.1) is 0 Å². The molecule has 0 saturated heterocycles. The average Bonchev–Trinajstić information content (AvgIpc) is 2.95. The molecule has 3 aromatic carbocycles. The van der Waals surface area contributed by atoms with E-state index >= 15 is 0 Å². The molecule has 0 spiro atoms. The number of hydrogen-bond acceptors (Lipinski definition) is 3. The Labute approximate surface area is 153 Å². The zero-order valence-electron chi connectivity index (χ0n) is 14.8. The average molecular weight is 346 g/mol. The van der Waals surface area contributed by atoms with Crippen LogP contribution in [0, 0.1) is 0 Å². The third-order valence-corrected chi connectivity index (χ3v) is 5.15. The van der Waals surface area contributed by atoms with E-state index in [2.05, 4.69) is 0 Å². The molecule has 0 aliphatic carbocycles. The number of hydroxylamine groups is 2. The van der Waals surface area contributed by atoms with Gasteiger partial charge in [-0.15, -0.1) is 5.21 Å². The highest BCUT2D eigenvalue weighted by Crippen LogP contribution is 2.55. The van der Waals surface area contributed by atoms with Crippen molar-refractivity contribution in [3.05, 3.63) is 107 Å². The first-order valence-corrected chi connectivity index (χ1v) is 8.50. The maximum atomic E-state index is 13.9. The molecule has 26 heavy (non-hydrogen) atoms. The zero-order chi connectivity index (χ0) is 18.2. The molecule has 4 nitrogen and oxygen atoms in total. The molecule has 1 heterocycles. The first-order chi connectivity index (χ1) is 12.7. The second-order valence-electron chi connectivity index (χ2n) is 6.27. The molecule has 0 N–H and O–H groups in total. The van der Waals surface area contributed by atoms with Crippen LogP contribution >= 0.6 is 0 Å². The predicted octanol–water partition coefficient (Wildman–Crippen LogP) is 4.04. The van der Waals surface area contributed by atoms with E-state index in [-0.39, 0.29) is 0 Å². The van der Waals surface area contributed by atoms with Crippen molar-refractivity contribution in [1.82, 2.24) is 5.06 Å². The molecule has 2 unspecified atom stereocenters. The van der Waals surface area contributed by atoms with Crippen molar-refractivity contribution in [3.8, 4) is 0 Å². The number of fused-ring (bicyclic) bond motifs is 1. The molecule has 4 heteroatoms. The first-order valence-electron chi connectivity index (χ1n) is 8.50. The van der Waals surface area contributed by atoms with Crippen LogP contribution in [0.3, 0.4) is 0 Å². The standard InChI is InChI=1S/C22H20NO3/c1-25-21(17-11-5-3-6-12-17)19-15-9-10-16-20(19)22(26-2,23(21)24)18-13-7-4-8-14-18/h3-16H,1-2H3. The van der Waals surface area contributed by atoms with Gasteiger partial charge in [-0.2, -0.15) is 0 Å². The molecule has 0 aromatic heterocycles. The lowest BCUT2D eigenvalue weighted by molar-refractivity contribution is -0.375. The van der Waals surface area contributed by atoms with E-state index in [1.807, 2.05) is 84.9 Å². The number of benzene rings is 3. The summed E-state index contributed by atoms with van der Waals surface area (Å²) in [5, 5.41) is 14.9. The predicted molar refractivity (Wildman–Crippen MR) is 97.4 cm³/mol. The molecule has 0 bridgehead atoms. The van der Waals surface area contributed by atoms with Gasteiger partial charge in [0.1, 0.15) is 0 Å². The van der Waals surface area contributed by atoms with E-state index in [1.165, 1.54) is 0 Å². The fourth-order valence-electron chi connectivity index (χ4n) is 4.01. The Kier molecular flexibility index (Phi) is 4.13. The minimum Gasteiger partial charge on any atom is -0.353 e. The van der Waals surface area contributed by atoms with Crippen molar-refractivity contribution >= 4 is 0 Å². The van der Waals surface area contributed by atoms with E-state index in [0.717, 1.165) is 27.3 Å². The van der Waals surface area contributed by atoms with Gasteiger partial charge in [0.2, 0.25) is 11.4 Å². The minimum absolute atomic E-state index is 0.764. The summed E-state index contributed by atoms with van der Waals surface area (Å²) in [5.74, 6) is 0. The lowest BCUT2D eigenvalue weighted by atomic mass is 9.91. The number of hydrogen-bond donors (Lipinski definition) is 0. The molecule has 1 radical (unpaired) electrons. The Bertz CT molecular complexity index is 825. The topological polar surface area (TPSA) is 41.6 Å². The highest BCUT2D eigenvalue weighted by molar-refractivity contribution is 5.52. The molecular weight excluding hydrogens is 326 g/mol. The van der Waals surface area contributed by atoms with Crippen molar-refractivity contribution < 1.29 is 14.7 Å². The van der Waals surface area contributed by atoms with Gasteiger partial charge < -0.3 is 9.47 Å². The fraction of sp³-hybridized carbons (Fsp3) is 0.182. The molecule has 2 atom stereocenters. The summed E-state index contributed by atoms with van der Waals surface area (Å²) in [6.45, 7) is 0. The van der Waals surface area contributed by atoms with Crippen LogP contribution < -0.4 is 0 Å². The van der Waals surface area contributed by atoms with E-state index < -0.39 is 11.4 Å². The van der Waals surface area contributed by atoms with Crippen LogP contribution in [-0.4, -0.2) is 19.3 Å². The van der Waals surface area contributed by atoms with Crippen molar-refractivity contribution in [1.29, 1.82) is 0 Å². The zero-order valence-corrected chi connectivity index (χ0v) is 14.8. The summed E-state index contributed by atoms with van der Waals surface area (Å²) < 4.78 is 11.9. The SMILES string of the molecule is COC1(c2ccccc2)c2ccccc2C(OC)(c2ccccc2)N1[O]. The van der Waals surface area contributed by atoms with E-state index in [9.17, 15) is 5.21 Å². The Hall–Kier alpha value is -2.50. The molecule has 1 aliphatic heterocycles. The number of ether oxygens (including phenoxy) is 2. The second kappa shape index (κ2) is 6.34. The Morgan fingerprint density at radius 3 is 1.31 bits per heavy atom. The largest absolute Gasteiger partial charge is 0.353 e. The second-order valence-corrected chi connectivity index (χ2v) is 6.27. The maximum absolute atomic E-state index is 13.9.